The molecule has 0 aliphatic rings. The van der Waals surface area contributed by atoms with Crippen LogP contribution in [0.4, 0.5) is 58.4 Å². The zero-order valence-corrected chi connectivity index (χ0v) is 55.2. The molecule has 87 heavy (non-hydrogen) atoms. The van der Waals surface area contributed by atoms with E-state index in [2.05, 4.69) is 81.2 Å². The summed E-state index contributed by atoms with van der Waals surface area (Å²) in [5.74, 6) is 0.280. The average Bonchev–Trinajstić information content (AvgIpc) is 3.55. The minimum atomic E-state index is -2.59. The maximum atomic E-state index is 12.6. The molecular formula is C62H88N12O10Si3. The van der Waals surface area contributed by atoms with Crippen molar-refractivity contribution in [1.29, 1.82) is 0 Å². The number of aromatic nitrogens is 6. The second kappa shape index (κ2) is 34.5. The summed E-state index contributed by atoms with van der Waals surface area (Å²) in [5.41, 5.74) is 4.42. The van der Waals surface area contributed by atoms with Gasteiger partial charge in [0.05, 0.1) is 48.7 Å². The predicted molar refractivity (Wildman–Crippen MR) is 350 cm³/mol. The third kappa shape index (κ3) is 24.4. The third-order valence-electron chi connectivity index (χ3n) is 13.2. The second-order valence-electron chi connectivity index (χ2n) is 22.6. The molecule has 25 heteroatoms. The highest BCUT2D eigenvalue weighted by Gasteiger charge is 2.39. The summed E-state index contributed by atoms with van der Waals surface area (Å²) in [6.07, 6.45) is 8.49. The Bertz CT molecular complexity index is 2750. The van der Waals surface area contributed by atoms with Crippen LogP contribution in [0.25, 0.3) is 0 Å². The van der Waals surface area contributed by atoms with Crippen molar-refractivity contribution in [2.24, 2.45) is 0 Å². The molecule has 2 heterocycles. The lowest BCUT2D eigenvalue weighted by Crippen LogP contribution is -2.52. The Hall–Kier alpha value is -7.85. The van der Waals surface area contributed by atoms with Crippen LogP contribution in [0.3, 0.4) is 0 Å². The van der Waals surface area contributed by atoms with Crippen molar-refractivity contribution < 1.29 is 46.4 Å². The summed E-state index contributed by atoms with van der Waals surface area (Å²) >= 11 is 0. The smallest absolute Gasteiger partial charge is 0.338 e. The van der Waals surface area contributed by atoms with Gasteiger partial charge in [-0.25, -0.2) is 19.2 Å². The van der Waals surface area contributed by atoms with Gasteiger partial charge in [-0.2, -0.15) is 29.9 Å². The molecule has 0 amide bonds. The van der Waals surface area contributed by atoms with E-state index in [1.165, 1.54) is 0 Å². The van der Waals surface area contributed by atoms with Crippen molar-refractivity contribution in [1.82, 2.24) is 29.9 Å². The highest BCUT2D eigenvalue weighted by atomic mass is 28.5. The maximum Gasteiger partial charge on any atom is 0.338 e. The van der Waals surface area contributed by atoms with Gasteiger partial charge >= 0.3 is 32.4 Å². The Morgan fingerprint density at radius 2 is 0.575 bits per heavy atom. The number of hydrogen-bond acceptors (Lipinski definition) is 22. The van der Waals surface area contributed by atoms with Crippen LogP contribution in [-0.4, -0.2) is 118 Å². The van der Waals surface area contributed by atoms with Crippen molar-refractivity contribution in [3.05, 3.63) is 119 Å². The van der Waals surface area contributed by atoms with Gasteiger partial charge in [0.2, 0.25) is 35.7 Å². The molecule has 0 fully saturated rings. The monoisotopic (exact) mass is 1240 g/mol. The number of esters is 4. The molecule has 6 aromatic rings. The van der Waals surface area contributed by atoms with Gasteiger partial charge in [0.15, 0.2) is 16.6 Å². The van der Waals surface area contributed by atoms with Crippen LogP contribution in [0.2, 0.25) is 51.4 Å². The second-order valence-corrected chi connectivity index (χ2v) is 35.0. The molecule has 0 saturated carbocycles. The first-order valence-electron chi connectivity index (χ1n) is 30.3. The Kier molecular flexibility index (Phi) is 27.1. The highest BCUT2D eigenvalue weighted by Crippen LogP contribution is 2.28. The van der Waals surface area contributed by atoms with Crippen LogP contribution < -0.4 is 31.9 Å². The van der Waals surface area contributed by atoms with Crippen LogP contribution in [0.5, 0.6) is 0 Å². The molecule has 0 aliphatic heterocycles. The van der Waals surface area contributed by atoms with E-state index in [0.29, 0.717) is 96.4 Å². The van der Waals surface area contributed by atoms with E-state index in [-0.39, 0.29) is 47.7 Å². The number of carbonyl (C=O) groups excluding carboxylic acids is 4. The predicted octanol–water partition coefficient (Wildman–Crippen LogP) is 14.3. The van der Waals surface area contributed by atoms with Crippen molar-refractivity contribution in [3.63, 3.8) is 0 Å². The number of unbranched alkanes of at least 4 members (excludes halogenated alkanes) is 4. The van der Waals surface area contributed by atoms with E-state index in [0.717, 1.165) is 76.3 Å². The van der Waals surface area contributed by atoms with Gasteiger partial charge in [-0.15, -0.1) is 0 Å². The first-order chi connectivity index (χ1) is 41.7. The molecule has 0 radical (unpaired) electrons. The van der Waals surface area contributed by atoms with Crippen molar-refractivity contribution >= 4 is 108 Å². The number of benzene rings is 4. The molecule has 22 nitrogen and oxygen atoms in total. The van der Waals surface area contributed by atoms with Gasteiger partial charge in [0, 0.05) is 35.8 Å². The van der Waals surface area contributed by atoms with Gasteiger partial charge in [-0.3, -0.25) is 0 Å². The molecule has 468 valence electrons. The van der Waals surface area contributed by atoms with Crippen LogP contribution in [0.15, 0.2) is 97.1 Å². The lowest BCUT2D eigenvalue weighted by molar-refractivity contribution is 0.0490. The lowest BCUT2D eigenvalue weighted by Gasteiger charge is -2.38. The van der Waals surface area contributed by atoms with Crippen LogP contribution in [0.1, 0.15) is 133 Å². The van der Waals surface area contributed by atoms with Crippen molar-refractivity contribution in [3.8, 4) is 0 Å². The third-order valence-corrected chi connectivity index (χ3v) is 24.7. The number of anilines is 10. The molecule has 2 aromatic heterocycles. The Morgan fingerprint density at radius 1 is 0.345 bits per heavy atom. The van der Waals surface area contributed by atoms with E-state index in [1.807, 2.05) is 27.7 Å². The van der Waals surface area contributed by atoms with E-state index < -0.39 is 25.2 Å². The van der Waals surface area contributed by atoms with E-state index in [9.17, 15) is 19.2 Å². The first kappa shape index (κ1) is 68.3. The minimum Gasteiger partial charge on any atom is -0.462 e. The summed E-state index contributed by atoms with van der Waals surface area (Å²) < 4.78 is 35.5. The van der Waals surface area contributed by atoms with Gasteiger partial charge < -0.3 is 59.1 Å². The number of ether oxygens (including phenoxy) is 4. The molecule has 0 bridgehead atoms. The highest BCUT2D eigenvalue weighted by molar-refractivity contribution is 6.87. The van der Waals surface area contributed by atoms with E-state index in [4.69, 9.17) is 47.1 Å². The number of hydrogen-bond donors (Lipinski definition) is 6. The summed E-state index contributed by atoms with van der Waals surface area (Å²) in [6.45, 7) is 23.9. The lowest BCUT2D eigenvalue weighted by atomic mass is 10.2. The molecule has 0 saturated heterocycles. The Morgan fingerprint density at radius 3 is 0.805 bits per heavy atom. The maximum absolute atomic E-state index is 12.6. The van der Waals surface area contributed by atoms with Crippen LogP contribution in [-0.2, 0) is 27.2 Å². The van der Waals surface area contributed by atoms with Crippen LogP contribution in [0, 0.1) is 0 Å². The van der Waals surface area contributed by atoms with Gasteiger partial charge in [0.1, 0.15) is 0 Å². The zero-order chi connectivity index (χ0) is 62.7. The summed E-state index contributed by atoms with van der Waals surface area (Å²) in [7, 11) is -7.07. The number of rotatable bonds is 38. The largest absolute Gasteiger partial charge is 0.462 e. The molecule has 6 N–H and O–H groups in total. The normalized spacial score (nSPS) is 11.5. The summed E-state index contributed by atoms with van der Waals surface area (Å²) in [5, 5.41) is 19.8. The number of carbonyl (C=O) groups is 4. The topological polar surface area (TPSA) is 273 Å². The molecular weight excluding hydrogens is 1160 g/mol. The molecule has 4 aromatic carbocycles. The van der Waals surface area contributed by atoms with Crippen molar-refractivity contribution in [2.75, 3.05) is 71.4 Å². The molecule has 0 spiro atoms. The molecule has 0 unspecified atom stereocenters. The van der Waals surface area contributed by atoms with Gasteiger partial charge in [-0.05, 0) is 187 Å². The van der Waals surface area contributed by atoms with Crippen molar-refractivity contribution in [2.45, 2.75) is 143 Å². The van der Waals surface area contributed by atoms with Crippen LogP contribution >= 0.6 is 0 Å². The summed E-state index contributed by atoms with van der Waals surface area (Å²) in [6, 6.07) is 29.4. The van der Waals surface area contributed by atoms with Gasteiger partial charge in [-0.1, -0.05) is 53.4 Å². The Labute approximate surface area is 515 Å². The number of nitrogens with one attached hydrogen (secondary N) is 6. The zero-order valence-electron chi connectivity index (χ0n) is 52.2. The quantitative estimate of drug-likeness (QED) is 0.00910. The average molecular weight is 1250 g/mol. The molecule has 0 atom stereocenters. The Balaban J connectivity index is 1.04. The number of nitrogens with zero attached hydrogens (tertiary/aromatic N) is 6. The minimum absolute atomic E-state index is 0.273. The fourth-order valence-corrected chi connectivity index (χ4v) is 22.9. The molecule has 0 aliphatic carbocycles. The van der Waals surface area contributed by atoms with E-state index in [1.54, 1.807) is 97.1 Å². The summed E-state index contributed by atoms with van der Waals surface area (Å²) in [4.78, 5) is 78.3. The fraction of sp³-hybridized carbons (Fsp3) is 0.452. The van der Waals surface area contributed by atoms with Gasteiger partial charge in [0.25, 0.3) is 0 Å². The first-order valence-corrected chi connectivity index (χ1v) is 39.4. The fourth-order valence-electron chi connectivity index (χ4n) is 8.86. The molecule has 6 rings (SSSR count). The van der Waals surface area contributed by atoms with E-state index >= 15 is 0 Å². The SMILES string of the molecule is CCCCOC(=O)c1ccc(Nc2nc(NCCC[Si](C)(C)O[Si](C)(C)O[Si](C)(C)CCCNc3nc(Nc4ccc(C(=O)OCCCC)cc4)nc(Nc4ccc(C(=O)OCCCC)cc4)n3)nc(Nc3ccc(C(=O)OCCCC)cc3)n2)cc1. The standard InChI is InChI=1S/C62H88N12O10Si3/c1-11-15-39-79-53(75)45-21-29-49(30-22-45)65-59-69-57(70-60(73-59)66-50-31-23-46(24-32-50)54(76)80-40-16-12-2)63-37-19-43-85(5,6)83-87(9,10)84-86(7,8)44-20-38-64-58-71-61(67-51-33-25-47(26-34-51)55(77)81-41-17-13-3)74-62(72-58)68-52-35-27-48(28-36-52)56(78)82-42-18-14-4/h21-36H,11-20,37-44H2,1-10H3,(H3,63,65,66,69,70,73)(H3,64,67,68,71,72,74).